The molecule has 0 radical (unpaired) electrons. The first kappa shape index (κ1) is 34.7. The summed E-state index contributed by atoms with van der Waals surface area (Å²) >= 11 is 0. The summed E-state index contributed by atoms with van der Waals surface area (Å²) in [5.41, 5.74) is -5.03. The van der Waals surface area contributed by atoms with Crippen LogP contribution in [0, 0.1) is 35.0 Å². The average Bonchev–Trinajstić information content (AvgIpc) is 3.23. The Balaban J connectivity index is 1.12. The first-order valence-electron chi connectivity index (χ1n) is 18.6. The first-order valence-corrected chi connectivity index (χ1v) is 18.6. The largest absolute Gasteiger partial charge is 0.478 e. The van der Waals surface area contributed by atoms with E-state index in [9.17, 15) is 40.2 Å². The number of carbonyl (C=O) groups is 2. The molecular weight excluding hydrogens is 642 g/mol. The highest BCUT2D eigenvalue weighted by Gasteiger charge is 2.87. The number of carboxylic acids is 1. The summed E-state index contributed by atoms with van der Waals surface area (Å²) < 4.78 is 13.0. The molecule has 4 aliphatic carbocycles. The quantitative estimate of drug-likeness (QED) is 0.202. The van der Waals surface area contributed by atoms with E-state index >= 15 is 0 Å². The number of hydrogen-bond donors (Lipinski definition) is 6. The van der Waals surface area contributed by atoms with Crippen LogP contribution < -0.4 is 0 Å². The Labute approximate surface area is 293 Å². The number of aliphatic hydroxyl groups is 5. The number of carboxylic acid groups (broad SMARTS) is 1. The predicted octanol–water partition coefficient (Wildman–Crippen LogP) is 3.10. The highest BCUT2D eigenvalue weighted by Crippen LogP contribution is 2.78. The molecule has 1 aromatic carbocycles. The Morgan fingerprint density at radius 2 is 1.64 bits per heavy atom. The number of aliphatic carboxylic acids is 1. The summed E-state index contributed by atoms with van der Waals surface area (Å²) in [7, 11) is 0. The molecule has 7 fully saturated rings. The number of benzene rings is 1. The van der Waals surface area contributed by atoms with Crippen LogP contribution in [0.4, 0.5) is 0 Å². The van der Waals surface area contributed by atoms with Crippen molar-refractivity contribution in [1.29, 1.82) is 0 Å². The summed E-state index contributed by atoms with van der Waals surface area (Å²) in [6, 6.07) is 6.43. The van der Waals surface area contributed by atoms with Gasteiger partial charge in [0, 0.05) is 66.6 Å². The fourth-order valence-electron chi connectivity index (χ4n) is 13.0. The SMILES string of the molecule is C/C(C(=O)O)=C(/C)c1cccc(C(=O)OC2CC[C@@]3(C)C4CCC5C6(O)CC(O)C7[C@@H](CN8C[C@@H](C)CC[C@H]8[C@@]7(C)O)C6(O)CC53OC24O)c1. The highest BCUT2D eigenvalue weighted by molar-refractivity contribution is 5.96. The number of piperidine rings is 2. The van der Waals surface area contributed by atoms with Crippen molar-refractivity contribution in [3.05, 3.63) is 41.0 Å². The van der Waals surface area contributed by atoms with E-state index in [0.717, 1.165) is 19.4 Å². The molecule has 3 heterocycles. The zero-order chi connectivity index (χ0) is 36.0. The van der Waals surface area contributed by atoms with Gasteiger partial charge in [-0.3, -0.25) is 4.90 Å². The van der Waals surface area contributed by atoms with Gasteiger partial charge in [-0.05, 0) is 88.5 Å². The summed E-state index contributed by atoms with van der Waals surface area (Å²) in [6.45, 7) is 10.4. The second-order valence-electron chi connectivity index (χ2n) is 17.7. The van der Waals surface area contributed by atoms with E-state index in [2.05, 4.69) is 18.7 Å². The van der Waals surface area contributed by atoms with E-state index in [0.29, 0.717) is 49.3 Å². The van der Waals surface area contributed by atoms with E-state index in [1.54, 1.807) is 38.1 Å². The van der Waals surface area contributed by atoms with Crippen LogP contribution in [-0.4, -0.2) is 107 Å². The maximum Gasteiger partial charge on any atom is 0.338 e. The molecule has 0 amide bonds. The van der Waals surface area contributed by atoms with Gasteiger partial charge in [-0.1, -0.05) is 26.0 Å². The number of aliphatic hydroxyl groups excluding tert-OH is 1. The van der Waals surface area contributed by atoms with Gasteiger partial charge in [-0.15, -0.1) is 0 Å². The second-order valence-corrected chi connectivity index (χ2v) is 17.7. The molecule has 274 valence electrons. The molecule has 3 aliphatic heterocycles. The second kappa shape index (κ2) is 10.8. The first-order chi connectivity index (χ1) is 23.3. The van der Waals surface area contributed by atoms with Crippen LogP contribution in [0.3, 0.4) is 0 Å². The molecule has 50 heavy (non-hydrogen) atoms. The monoisotopic (exact) mass is 695 g/mol. The molecule has 9 unspecified atom stereocenters. The zero-order valence-electron chi connectivity index (χ0n) is 29.8. The summed E-state index contributed by atoms with van der Waals surface area (Å²) in [5, 5.41) is 71.8. The molecular formula is C39H53NO10. The third-order valence-corrected chi connectivity index (χ3v) is 15.5. The molecule has 14 atom stereocenters. The minimum atomic E-state index is -1.87. The Bertz CT molecular complexity index is 1660. The lowest BCUT2D eigenvalue weighted by Gasteiger charge is -2.64. The number of esters is 1. The van der Waals surface area contributed by atoms with Crippen molar-refractivity contribution < 1.29 is 49.7 Å². The Kier molecular flexibility index (Phi) is 7.52. The fourth-order valence-corrected chi connectivity index (χ4v) is 13.0. The van der Waals surface area contributed by atoms with Gasteiger partial charge in [-0.25, -0.2) is 9.59 Å². The Morgan fingerprint density at radius 3 is 2.36 bits per heavy atom. The van der Waals surface area contributed by atoms with E-state index in [1.165, 1.54) is 6.92 Å². The van der Waals surface area contributed by atoms with Crippen LogP contribution in [0.1, 0.15) is 102 Å². The van der Waals surface area contributed by atoms with E-state index < -0.39 is 81.4 Å². The molecule has 6 N–H and O–H groups in total. The summed E-state index contributed by atoms with van der Waals surface area (Å²) in [4.78, 5) is 27.5. The minimum Gasteiger partial charge on any atom is -0.478 e. The summed E-state index contributed by atoms with van der Waals surface area (Å²) in [6.07, 6.45) is 1.47. The lowest BCUT2D eigenvalue weighted by atomic mass is 9.50. The minimum absolute atomic E-state index is 0.0474. The standard InChI is InChI=1S/C39H53NO10/c1-20-9-12-29-35(5,45)31-25(18-40(29)17-20)37(47)19-38-28(36(37,46)16-26(31)41)11-10-27-34(38,4)14-13-30(39(27,48)50-38)49-33(44)24-8-6-7-23(15-24)21(2)22(3)32(42)43/h6-8,15,20,25-31,41,45-48H,9-14,16-19H2,1-5H3,(H,42,43)/b22-21+/t20-,25+,26?,27?,28?,29-,30?,31?,34-,35+,36?,37?,38?,39?/m0/s1. The lowest BCUT2D eigenvalue weighted by Crippen LogP contribution is -2.77. The number of allylic oxidation sites excluding steroid dienone is 1. The van der Waals surface area contributed by atoms with Crippen molar-refractivity contribution in [2.75, 3.05) is 13.1 Å². The number of nitrogens with zero attached hydrogens (tertiary/aromatic N) is 1. The molecule has 3 saturated heterocycles. The maximum atomic E-state index is 13.6. The van der Waals surface area contributed by atoms with E-state index in [1.807, 2.05) is 0 Å². The molecule has 1 spiro atoms. The number of rotatable bonds is 4. The van der Waals surface area contributed by atoms with Gasteiger partial charge in [-0.2, -0.15) is 0 Å². The van der Waals surface area contributed by atoms with Crippen LogP contribution in [0.5, 0.6) is 0 Å². The van der Waals surface area contributed by atoms with Crippen molar-refractivity contribution in [1.82, 2.24) is 4.90 Å². The molecule has 4 saturated carbocycles. The third kappa shape index (κ3) is 4.23. The summed E-state index contributed by atoms with van der Waals surface area (Å²) in [5.74, 6) is -5.44. The Morgan fingerprint density at radius 1 is 0.940 bits per heavy atom. The predicted molar refractivity (Wildman–Crippen MR) is 180 cm³/mol. The fraction of sp³-hybridized carbons (Fsp3) is 0.744. The van der Waals surface area contributed by atoms with Crippen LogP contribution in [-0.2, 0) is 14.3 Å². The molecule has 0 aromatic heterocycles. The van der Waals surface area contributed by atoms with E-state index in [-0.39, 0.29) is 30.0 Å². The van der Waals surface area contributed by atoms with Crippen molar-refractivity contribution in [2.24, 2.45) is 35.0 Å². The van der Waals surface area contributed by atoms with Crippen molar-refractivity contribution in [2.45, 2.75) is 132 Å². The van der Waals surface area contributed by atoms with Crippen LogP contribution >= 0.6 is 0 Å². The normalized spacial score (nSPS) is 51.1. The van der Waals surface area contributed by atoms with Gasteiger partial charge in [0.25, 0.3) is 0 Å². The van der Waals surface area contributed by atoms with Crippen molar-refractivity contribution >= 4 is 17.5 Å². The number of ether oxygens (including phenoxy) is 2. The van der Waals surface area contributed by atoms with Crippen LogP contribution in [0.15, 0.2) is 29.8 Å². The molecule has 4 bridgehead atoms. The highest BCUT2D eigenvalue weighted by atomic mass is 16.7. The number of fused-ring (bicyclic) bond motifs is 5. The topological polar surface area (TPSA) is 177 Å². The molecule has 11 nitrogen and oxygen atoms in total. The molecule has 1 aromatic rings. The number of hydrogen-bond acceptors (Lipinski definition) is 10. The third-order valence-electron chi connectivity index (χ3n) is 15.5. The van der Waals surface area contributed by atoms with Crippen molar-refractivity contribution in [3.8, 4) is 0 Å². The maximum absolute atomic E-state index is 13.6. The zero-order valence-corrected chi connectivity index (χ0v) is 29.8. The lowest BCUT2D eigenvalue weighted by molar-refractivity contribution is -0.291. The van der Waals surface area contributed by atoms with Gasteiger partial charge in [0.2, 0.25) is 5.79 Å². The van der Waals surface area contributed by atoms with E-state index in [4.69, 9.17) is 9.47 Å². The van der Waals surface area contributed by atoms with Gasteiger partial charge < -0.3 is 40.1 Å². The van der Waals surface area contributed by atoms with Gasteiger partial charge in [0.05, 0.1) is 22.9 Å². The van der Waals surface area contributed by atoms with Crippen LogP contribution in [0.25, 0.3) is 5.57 Å². The molecule has 8 rings (SSSR count). The number of carbonyl (C=O) groups excluding carboxylic acids is 1. The van der Waals surface area contributed by atoms with Crippen molar-refractivity contribution in [3.63, 3.8) is 0 Å². The van der Waals surface area contributed by atoms with Gasteiger partial charge in [0.15, 0.2) is 6.10 Å². The molecule has 7 aliphatic rings. The Hall–Kier alpha value is -2.38. The van der Waals surface area contributed by atoms with Gasteiger partial charge in [0.1, 0.15) is 11.2 Å². The van der Waals surface area contributed by atoms with Gasteiger partial charge >= 0.3 is 11.9 Å². The smallest absolute Gasteiger partial charge is 0.338 e. The average molecular weight is 696 g/mol. The van der Waals surface area contributed by atoms with Crippen LogP contribution in [0.2, 0.25) is 0 Å². The molecule has 11 heteroatoms.